The van der Waals surface area contributed by atoms with Gasteiger partial charge in [0, 0.05) is 5.39 Å². The predicted molar refractivity (Wildman–Crippen MR) is 98.9 cm³/mol. The molecule has 25 heavy (non-hydrogen) atoms. The second-order valence-corrected chi connectivity index (χ2v) is 7.75. The van der Waals surface area contributed by atoms with Crippen molar-refractivity contribution in [3.05, 3.63) is 78.6 Å². The minimum Gasteiger partial charge on any atom is -0.459 e. The van der Waals surface area contributed by atoms with E-state index in [2.05, 4.69) is 4.72 Å². The summed E-state index contributed by atoms with van der Waals surface area (Å²) in [6, 6.07) is 21.8. The van der Waals surface area contributed by atoms with Gasteiger partial charge in [-0.3, -0.25) is 0 Å². The van der Waals surface area contributed by atoms with Crippen LogP contribution in [0.1, 0.15) is 18.7 Å². The number of furan rings is 1. The van der Waals surface area contributed by atoms with E-state index in [-0.39, 0.29) is 4.90 Å². The maximum Gasteiger partial charge on any atom is 0.241 e. The van der Waals surface area contributed by atoms with Crippen LogP contribution in [-0.2, 0) is 10.0 Å². The molecule has 4 aromatic rings. The van der Waals surface area contributed by atoms with Gasteiger partial charge in [-0.25, -0.2) is 13.1 Å². The molecule has 0 aliphatic rings. The van der Waals surface area contributed by atoms with Crippen LogP contribution in [0.5, 0.6) is 0 Å². The molecule has 0 unspecified atom stereocenters. The molecule has 0 spiro atoms. The lowest BCUT2D eigenvalue weighted by Crippen LogP contribution is -2.26. The molecule has 0 aliphatic heterocycles. The third-order valence-electron chi connectivity index (χ3n) is 4.23. The number of para-hydroxylation sites is 1. The third-order valence-corrected chi connectivity index (χ3v) is 5.77. The fourth-order valence-electron chi connectivity index (χ4n) is 2.91. The summed E-state index contributed by atoms with van der Waals surface area (Å²) in [6.45, 7) is 1.77. The highest BCUT2D eigenvalue weighted by Crippen LogP contribution is 2.25. The van der Waals surface area contributed by atoms with Gasteiger partial charge in [-0.15, -0.1) is 0 Å². The highest BCUT2D eigenvalue weighted by molar-refractivity contribution is 7.89. The van der Waals surface area contributed by atoms with Crippen molar-refractivity contribution in [3.8, 4) is 0 Å². The van der Waals surface area contributed by atoms with Gasteiger partial charge in [0.15, 0.2) is 0 Å². The molecule has 0 radical (unpaired) electrons. The normalized spacial score (nSPS) is 13.3. The number of nitrogens with one attached hydrogen (secondary N) is 1. The first kappa shape index (κ1) is 15.9. The van der Waals surface area contributed by atoms with Crippen LogP contribution in [0.4, 0.5) is 0 Å². The van der Waals surface area contributed by atoms with Crippen LogP contribution in [0.3, 0.4) is 0 Å². The number of benzene rings is 3. The van der Waals surface area contributed by atoms with Crippen molar-refractivity contribution in [1.82, 2.24) is 4.72 Å². The first-order valence-electron chi connectivity index (χ1n) is 8.02. The molecular weight excluding hydrogens is 334 g/mol. The third kappa shape index (κ3) is 3.04. The summed E-state index contributed by atoms with van der Waals surface area (Å²) in [5, 5.41) is 2.85. The van der Waals surface area contributed by atoms with Crippen LogP contribution >= 0.6 is 0 Å². The maximum absolute atomic E-state index is 12.7. The molecule has 0 saturated heterocycles. The van der Waals surface area contributed by atoms with E-state index in [0.717, 1.165) is 21.7 Å². The molecule has 0 fully saturated rings. The van der Waals surface area contributed by atoms with Gasteiger partial charge >= 0.3 is 0 Å². The van der Waals surface area contributed by atoms with E-state index in [0.29, 0.717) is 5.76 Å². The highest BCUT2D eigenvalue weighted by Gasteiger charge is 2.21. The molecule has 0 bridgehead atoms. The zero-order valence-electron chi connectivity index (χ0n) is 13.6. The van der Waals surface area contributed by atoms with Crippen LogP contribution in [0, 0.1) is 0 Å². The van der Waals surface area contributed by atoms with Crippen LogP contribution in [0.15, 0.2) is 82.1 Å². The zero-order chi connectivity index (χ0) is 17.4. The van der Waals surface area contributed by atoms with Gasteiger partial charge in [0.2, 0.25) is 10.0 Å². The first-order valence-corrected chi connectivity index (χ1v) is 9.51. The Morgan fingerprint density at radius 1 is 0.840 bits per heavy atom. The van der Waals surface area contributed by atoms with Crippen molar-refractivity contribution in [1.29, 1.82) is 0 Å². The summed E-state index contributed by atoms with van der Waals surface area (Å²) in [6.07, 6.45) is 0. The van der Waals surface area contributed by atoms with Gasteiger partial charge in [-0.1, -0.05) is 48.5 Å². The van der Waals surface area contributed by atoms with Crippen molar-refractivity contribution in [2.45, 2.75) is 17.9 Å². The van der Waals surface area contributed by atoms with Gasteiger partial charge in [0.05, 0.1) is 10.9 Å². The van der Waals surface area contributed by atoms with Gasteiger partial charge in [-0.2, -0.15) is 0 Å². The SMILES string of the molecule is C[C@H](NS(=O)(=O)c1ccc2ccccc2c1)c1cc2ccccc2o1. The average molecular weight is 351 g/mol. The minimum absolute atomic E-state index is 0.245. The van der Waals surface area contributed by atoms with E-state index in [4.69, 9.17) is 4.42 Å². The van der Waals surface area contributed by atoms with Crippen LogP contribution in [0.25, 0.3) is 21.7 Å². The quantitative estimate of drug-likeness (QED) is 0.583. The van der Waals surface area contributed by atoms with Crippen LogP contribution < -0.4 is 4.72 Å². The summed E-state index contributed by atoms with van der Waals surface area (Å²) in [5.41, 5.74) is 0.745. The largest absolute Gasteiger partial charge is 0.459 e. The maximum atomic E-state index is 12.7. The fourth-order valence-corrected chi connectivity index (χ4v) is 4.16. The molecule has 1 heterocycles. The molecule has 5 heteroatoms. The van der Waals surface area contributed by atoms with E-state index in [1.54, 1.807) is 19.1 Å². The smallest absolute Gasteiger partial charge is 0.241 e. The molecule has 0 aliphatic carbocycles. The second kappa shape index (κ2) is 6.02. The Bertz CT molecular complexity index is 1130. The highest BCUT2D eigenvalue weighted by atomic mass is 32.2. The average Bonchev–Trinajstić information content (AvgIpc) is 3.05. The summed E-state index contributed by atoms with van der Waals surface area (Å²) in [7, 11) is -3.65. The Labute approximate surface area is 146 Å². The number of hydrogen-bond acceptors (Lipinski definition) is 3. The Kier molecular flexibility index (Phi) is 3.82. The van der Waals surface area contributed by atoms with E-state index < -0.39 is 16.1 Å². The van der Waals surface area contributed by atoms with E-state index in [1.807, 2.05) is 60.7 Å². The Morgan fingerprint density at radius 2 is 1.52 bits per heavy atom. The van der Waals surface area contributed by atoms with Crippen molar-refractivity contribution in [2.24, 2.45) is 0 Å². The standard InChI is InChI=1S/C20H17NO3S/c1-14(20-13-17-8-4-5-9-19(17)24-20)21-25(22,23)18-11-10-15-6-2-3-7-16(15)12-18/h2-14,21H,1H3/t14-/m0/s1. The second-order valence-electron chi connectivity index (χ2n) is 6.04. The summed E-state index contributed by atoms with van der Waals surface area (Å²) in [5.74, 6) is 0.588. The van der Waals surface area contributed by atoms with Gasteiger partial charge in [0.1, 0.15) is 11.3 Å². The van der Waals surface area contributed by atoms with Gasteiger partial charge in [-0.05, 0) is 42.0 Å². The van der Waals surface area contributed by atoms with Crippen molar-refractivity contribution in [2.75, 3.05) is 0 Å². The number of fused-ring (bicyclic) bond motifs is 2. The topological polar surface area (TPSA) is 59.3 Å². The Morgan fingerprint density at radius 3 is 2.28 bits per heavy atom. The van der Waals surface area contributed by atoms with Gasteiger partial charge < -0.3 is 4.42 Å². The summed E-state index contributed by atoms with van der Waals surface area (Å²) >= 11 is 0. The Hall–Kier alpha value is -2.63. The molecule has 4 rings (SSSR count). The molecule has 0 saturated carbocycles. The van der Waals surface area contributed by atoms with E-state index in [1.165, 1.54) is 0 Å². The zero-order valence-corrected chi connectivity index (χ0v) is 14.5. The van der Waals surface area contributed by atoms with Crippen LogP contribution in [-0.4, -0.2) is 8.42 Å². The Balaban J connectivity index is 1.65. The first-order chi connectivity index (χ1) is 12.0. The van der Waals surface area contributed by atoms with E-state index in [9.17, 15) is 8.42 Å². The van der Waals surface area contributed by atoms with Crippen molar-refractivity contribution in [3.63, 3.8) is 0 Å². The lowest BCUT2D eigenvalue weighted by molar-refractivity contribution is 0.484. The lowest BCUT2D eigenvalue weighted by Gasteiger charge is -2.12. The lowest BCUT2D eigenvalue weighted by atomic mass is 10.1. The molecular formula is C20H17NO3S. The monoisotopic (exact) mass is 351 g/mol. The molecule has 0 amide bonds. The predicted octanol–water partition coefficient (Wildman–Crippen LogP) is 4.63. The molecule has 1 aromatic heterocycles. The number of hydrogen-bond donors (Lipinski definition) is 1. The van der Waals surface area contributed by atoms with E-state index >= 15 is 0 Å². The molecule has 1 atom stereocenters. The summed E-state index contributed by atoms with van der Waals surface area (Å²) < 4.78 is 33.9. The molecule has 1 N–H and O–H groups in total. The number of sulfonamides is 1. The molecule has 126 valence electrons. The van der Waals surface area contributed by atoms with Crippen molar-refractivity contribution < 1.29 is 12.8 Å². The fraction of sp³-hybridized carbons (Fsp3) is 0.100. The summed E-state index contributed by atoms with van der Waals surface area (Å²) in [4.78, 5) is 0.245. The van der Waals surface area contributed by atoms with Gasteiger partial charge in [0.25, 0.3) is 0 Å². The molecule has 3 aromatic carbocycles. The van der Waals surface area contributed by atoms with Crippen LogP contribution in [0.2, 0.25) is 0 Å². The molecule has 4 nitrogen and oxygen atoms in total. The van der Waals surface area contributed by atoms with Crippen molar-refractivity contribution >= 4 is 31.8 Å². The minimum atomic E-state index is -3.65. The number of rotatable bonds is 4.